The molecule has 20 heavy (non-hydrogen) atoms. The first-order chi connectivity index (χ1) is 9.49. The summed E-state index contributed by atoms with van der Waals surface area (Å²) in [6.45, 7) is 1.38. The van der Waals surface area contributed by atoms with E-state index in [9.17, 15) is 9.90 Å². The van der Waals surface area contributed by atoms with Crippen LogP contribution in [0.15, 0.2) is 24.3 Å². The summed E-state index contributed by atoms with van der Waals surface area (Å²) in [5.41, 5.74) is 0.889. The van der Waals surface area contributed by atoms with Crippen LogP contribution in [0.2, 0.25) is 5.02 Å². The van der Waals surface area contributed by atoms with Crippen molar-refractivity contribution in [1.82, 2.24) is 20.2 Å². The molecule has 2 N–H and O–H groups in total. The molecule has 2 aromatic rings. The number of rotatable bonds is 5. The van der Waals surface area contributed by atoms with E-state index in [1.54, 1.807) is 24.3 Å². The molecule has 8 heteroatoms. The lowest BCUT2D eigenvalue weighted by molar-refractivity contribution is -0.144. The molecule has 0 aliphatic heterocycles. The number of carboxylic acids is 1. The van der Waals surface area contributed by atoms with Crippen molar-refractivity contribution >= 4 is 17.6 Å². The number of aliphatic hydroxyl groups excluding tert-OH is 1. The summed E-state index contributed by atoms with van der Waals surface area (Å²) in [4.78, 5) is 11.2. The molecule has 1 aromatic carbocycles. The fraction of sp³-hybridized carbons (Fsp3) is 0.333. The van der Waals surface area contributed by atoms with Crippen molar-refractivity contribution in [2.75, 3.05) is 0 Å². The van der Waals surface area contributed by atoms with E-state index in [1.165, 1.54) is 6.92 Å². The molecule has 1 aromatic heterocycles. The lowest BCUT2D eigenvalue weighted by atomic mass is 10.1. The fourth-order valence-corrected chi connectivity index (χ4v) is 1.97. The van der Waals surface area contributed by atoms with Gasteiger partial charge in [-0.2, -0.15) is 0 Å². The third-order valence-electron chi connectivity index (χ3n) is 2.81. The Bertz CT molecular complexity index is 597. The molecular weight excluding hydrogens is 284 g/mol. The summed E-state index contributed by atoms with van der Waals surface area (Å²) < 4.78 is 1.13. The minimum atomic E-state index is -1.22. The molecular formula is C12H13ClN4O3. The maximum atomic E-state index is 11.2. The van der Waals surface area contributed by atoms with E-state index >= 15 is 0 Å². The van der Waals surface area contributed by atoms with Crippen LogP contribution in [0.5, 0.6) is 0 Å². The molecule has 0 amide bonds. The number of tetrazole rings is 1. The maximum absolute atomic E-state index is 11.2. The van der Waals surface area contributed by atoms with Crippen molar-refractivity contribution < 1.29 is 15.0 Å². The van der Waals surface area contributed by atoms with Gasteiger partial charge < -0.3 is 10.2 Å². The Morgan fingerprint density at radius 1 is 1.40 bits per heavy atom. The van der Waals surface area contributed by atoms with Crippen molar-refractivity contribution in [2.24, 2.45) is 0 Å². The van der Waals surface area contributed by atoms with E-state index < -0.39 is 18.1 Å². The highest BCUT2D eigenvalue weighted by Gasteiger charge is 2.29. The molecule has 0 spiro atoms. The summed E-state index contributed by atoms with van der Waals surface area (Å²) in [7, 11) is 0. The average Bonchev–Trinajstić information content (AvgIpc) is 2.79. The van der Waals surface area contributed by atoms with Gasteiger partial charge in [-0.3, -0.25) is 0 Å². The number of carboxylic acid groups (broad SMARTS) is 1. The Labute approximate surface area is 119 Å². The number of aliphatic carboxylic acids is 1. The van der Waals surface area contributed by atoms with Gasteiger partial charge in [0.05, 0.1) is 6.10 Å². The van der Waals surface area contributed by atoms with Gasteiger partial charge in [-0.05, 0) is 35.0 Å². The Hall–Kier alpha value is -1.99. The van der Waals surface area contributed by atoms with Gasteiger partial charge in [-0.25, -0.2) is 9.48 Å². The quantitative estimate of drug-likeness (QED) is 0.851. The summed E-state index contributed by atoms with van der Waals surface area (Å²) in [5.74, 6) is -0.828. The predicted octanol–water partition coefficient (Wildman–Crippen LogP) is 0.924. The second-order valence-electron chi connectivity index (χ2n) is 4.37. The number of halogens is 1. The van der Waals surface area contributed by atoms with E-state index in [0.717, 1.165) is 10.2 Å². The largest absolute Gasteiger partial charge is 0.480 e. The van der Waals surface area contributed by atoms with E-state index in [2.05, 4.69) is 15.5 Å². The molecule has 1 heterocycles. The second-order valence-corrected chi connectivity index (χ2v) is 4.80. The summed E-state index contributed by atoms with van der Waals surface area (Å²) in [6.07, 6.45) is -0.763. The molecule has 0 bridgehead atoms. The SMILES string of the molecule is CC(O)C(C(=O)O)n1nnnc1Cc1ccc(Cl)cc1. The zero-order valence-corrected chi connectivity index (χ0v) is 11.4. The number of hydrogen-bond acceptors (Lipinski definition) is 5. The number of nitrogens with zero attached hydrogens (tertiary/aromatic N) is 4. The molecule has 0 saturated carbocycles. The van der Waals surface area contributed by atoms with E-state index in [0.29, 0.717) is 17.3 Å². The van der Waals surface area contributed by atoms with Gasteiger partial charge in [0.2, 0.25) is 0 Å². The smallest absolute Gasteiger partial charge is 0.331 e. The topological polar surface area (TPSA) is 101 Å². The third-order valence-corrected chi connectivity index (χ3v) is 3.06. The molecule has 0 aliphatic carbocycles. The van der Waals surface area contributed by atoms with Crippen molar-refractivity contribution in [1.29, 1.82) is 0 Å². The second kappa shape index (κ2) is 5.98. The van der Waals surface area contributed by atoms with Crippen LogP contribution < -0.4 is 0 Å². The Morgan fingerprint density at radius 2 is 2.05 bits per heavy atom. The maximum Gasteiger partial charge on any atom is 0.331 e. The summed E-state index contributed by atoms with van der Waals surface area (Å²) in [5, 5.41) is 30.3. The standard InChI is InChI=1S/C12H13ClN4O3/c1-7(18)11(12(19)20)17-10(14-15-16-17)6-8-2-4-9(13)5-3-8/h2-5,7,11,18H,6H2,1H3,(H,19,20). The van der Waals surface area contributed by atoms with Crippen LogP contribution in [0.3, 0.4) is 0 Å². The van der Waals surface area contributed by atoms with Crippen molar-refractivity contribution in [3.05, 3.63) is 40.7 Å². The van der Waals surface area contributed by atoms with Crippen LogP contribution in [-0.4, -0.2) is 42.5 Å². The Morgan fingerprint density at radius 3 is 2.60 bits per heavy atom. The highest BCUT2D eigenvalue weighted by atomic mass is 35.5. The molecule has 7 nitrogen and oxygen atoms in total. The highest BCUT2D eigenvalue weighted by molar-refractivity contribution is 6.30. The lowest BCUT2D eigenvalue weighted by Gasteiger charge is -2.16. The zero-order chi connectivity index (χ0) is 14.7. The summed E-state index contributed by atoms with van der Waals surface area (Å²) in [6, 6.07) is 5.86. The first kappa shape index (κ1) is 14.4. The Balaban J connectivity index is 2.28. The molecule has 0 saturated heterocycles. The van der Waals surface area contributed by atoms with Crippen molar-refractivity contribution in [3.8, 4) is 0 Å². The molecule has 2 atom stereocenters. The number of benzene rings is 1. The van der Waals surface area contributed by atoms with Crippen LogP contribution in [0.1, 0.15) is 24.4 Å². The predicted molar refractivity (Wildman–Crippen MR) is 70.4 cm³/mol. The summed E-state index contributed by atoms with van der Waals surface area (Å²) >= 11 is 5.80. The first-order valence-electron chi connectivity index (χ1n) is 5.91. The number of aromatic nitrogens is 4. The van der Waals surface area contributed by atoms with Gasteiger partial charge in [-0.1, -0.05) is 23.7 Å². The van der Waals surface area contributed by atoms with E-state index in [1.807, 2.05) is 0 Å². The monoisotopic (exact) mass is 296 g/mol. The number of aliphatic hydroxyl groups is 1. The average molecular weight is 297 g/mol. The fourth-order valence-electron chi connectivity index (χ4n) is 1.84. The molecule has 2 rings (SSSR count). The molecule has 2 unspecified atom stereocenters. The van der Waals surface area contributed by atoms with E-state index in [-0.39, 0.29) is 0 Å². The number of hydrogen-bond donors (Lipinski definition) is 2. The molecule has 0 fully saturated rings. The van der Waals surface area contributed by atoms with Crippen LogP contribution in [0, 0.1) is 0 Å². The normalized spacial score (nSPS) is 13.9. The van der Waals surface area contributed by atoms with Gasteiger partial charge in [0.25, 0.3) is 0 Å². The van der Waals surface area contributed by atoms with Gasteiger partial charge in [0, 0.05) is 11.4 Å². The van der Waals surface area contributed by atoms with Crippen LogP contribution in [0.25, 0.3) is 0 Å². The van der Waals surface area contributed by atoms with Gasteiger partial charge in [0.15, 0.2) is 11.9 Å². The van der Waals surface area contributed by atoms with Gasteiger partial charge in [-0.15, -0.1) is 5.10 Å². The van der Waals surface area contributed by atoms with Crippen LogP contribution in [-0.2, 0) is 11.2 Å². The molecule has 0 aliphatic rings. The Kier molecular flexibility index (Phi) is 4.31. The number of carbonyl (C=O) groups is 1. The lowest BCUT2D eigenvalue weighted by Crippen LogP contribution is -2.31. The first-order valence-corrected chi connectivity index (χ1v) is 6.29. The van der Waals surface area contributed by atoms with Crippen molar-refractivity contribution in [3.63, 3.8) is 0 Å². The molecule has 106 valence electrons. The van der Waals surface area contributed by atoms with Crippen LogP contribution in [0.4, 0.5) is 0 Å². The van der Waals surface area contributed by atoms with Gasteiger partial charge in [0.1, 0.15) is 0 Å². The highest BCUT2D eigenvalue weighted by Crippen LogP contribution is 2.16. The van der Waals surface area contributed by atoms with Crippen LogP contribution >= 0.6 is 11.6 Å². The molecule has 0 radical (unpaired) electrons. The van der Waals surface area contributed by atoms with E-state index in [4.69, 9.17) is 16.7 Å². The van der Waals surface area contributed by atoms with Crippen molar-refractivity contribution in [2.45, 2.75) is 25.5 Å². The van der Waals surface area contributed by atoms with Gasteiger partial charge >= 0.3 is 5.97 Å². The third kappa shape index (κ3) is 3.12. The zero-order valence-electron chi connectivity index (χ0n) is 10.6. The minimum absolute atomic E-state index is 0.348. The minimum Gasteiger partial charge on any atom is -0.480 e.